The molecule has 3 aromatic rings. The molecule has 1 atom stereocenters. The molecule has 0 spiro atoms. The van der Waals surface area contributed by atoms with Crippen molar-refractivity contribution in [3.63, 3.8) is 0 Å². The quantitative estimate of drug-likeness (QED) is 0.517. The molecular formula is C25H23N3O6. The van der Waals surface area contributed by atoms with E-state index in [1.54, 1.807) is 13.2 Å². The Balaban J connectivity index is 1.42. The zero-order valence-corrected chi connectivity index (χ0v) is 18.5. The number of amides is 2. The van der Waals surface area contributed by atoms with Crippen LogP contribution in [-0.4, -0.2) is 48.8 Å². The first kappa shape index (κ1) is 22.8. The molecule has 2 aromatic carbocycles. The number of hydrazone groups is 1. The van der Waals surface area contributed by atoms with Crippen LogP contribution in [0.1, 0.15) is 34.1 Å². The fourth-order valence-electron chi connectivity index (χ4n) is 3.54. The number of hydrogen-bond donors (Lipinski definition) is 1. The second kappa shape index (κ2) is 10.5. The van der Waals surface area contributed by atoms with Crippen molar-refractivity contribution in [2.45, 2.75) is 12.5 Å². The van der Waals surface area contributed by atoms with Gasteiger partial charge in [0.25, 0.3) is 11.8 Å². The summed E-state index contributed by atoms with van der Waals surface area (Å²) in [6.45, 7) is -0.902. The Morgan fingerprint density at radius 2 is 1.82 bits per heavy atom. The first-order valence-electron chi connectivity index (χ1n) is 10.6. The Bertz CT molecular complexity index is 1170. The van der Waals surface area contributed by atoms with Crippen molar-refractivity contribution in [1.82, 2.24) is 10.3 Å². The molecule has 9 heteroatoms. The number of nitrogens with one attached hydrogen (secondary N) is 1. The molecule has 1 aliphatic rings. The summed E-state index contributed by atoms with van der Waals surface area (Å²) >= 11 is 0. The summed E-state index contributed by atoms with van der Waals surface area (Å²) in [6.07, 6.45) is 1.86. The van der Waals surface area contributed by atoms with Gasteiger partial charge in [0.15, 0.2) is 12.4 Å². The summed E-state index contributed by atoms with van der Waals surface area (Å²) in [5, 5.41) is 8.27. The van der Waals surface area contributed by atoms with Crippen molar-refractivity contribution < 1.29 is 28.3 Å². The third kappa shape index (κ3) is 5.32. The van der Waals surface area contributed by atoms with E-state index in [1.165, 1.54) is 17.3 Å². The van der Waals surface area contributed by atoms with Crippen LogP contribution < -0.4 is 10.1 Å². The fraction of sp³-hybridized carbons (Fsp3) is 0.200. The maximum atomic E-state index is 13.0. The lowest BCUT2D eigenvalue weighted by Crippen LogP contribution is -2.34. The first-order chi connectivity index (χ1) is 16.5. The number of esters is 1. The zero-order chi connectivity index (χ0) is 23.9. The highest BCUT2D eigenvalue weighted by Crippen LogP contribution is 2.33. The van der Waals surface area contributed by atoms with E-state index in [1.807, 2.05) is 54.6 Å². The molecule has 0 saturated heterocycles. The molecule has 0 aliphatic carbocycles. The van der Waals surface area contributed by atoms with Crippen molar-refractivity contribution in [3.05, 3.63) is 89.9 Å². The second-order valence-corrected chi connectivity index (χ2v) is 7.46. The molecule has 1 unspecified atom stereocenters. The summed E-state index contributed by atoms with van der Waals surface area (Å²) in [4.78, 5) is 36.9. The van der Waals surface area contributed by atoms with Crippen LogP contribution in [-0.2, 0) is 14.3 Å². The molecule has 0 bridgehead atoms. The Kier molecular flexibility index (Phi) is 7.02. The molecule has 34 heavy (non-hydrogen) atoms. The van der Waals surface area contributed by atoms with Gasteiger partial charge in [-0.3, -0.25) is 14.4 Å². The van der Waals surface area contributed by atoms with Gasteiger partial charge in [-0.2, -0.15) is 5.10 Å². The van der Waals surface area contributed by atoms with E-state index < -0.39 is 30.9 Å². The smallest absolute Gasteiger partial charge is 0.325 e. The molecular weight excluding hydrogens is 438 g/mol. The van der Waals surface area contributed by atoms with Gasteiger partial charge in [-0.1, -0.05) is 42.5 Å². The fourth-order valence-corrected chi connectivity index (χ4v) is 3.54. The van der Waals surface area contributed by atoms with Gasteiger partial charge >= 0.3 is 5.97 Å². The number of ether oxygens (including phenoxy) is 2. The molecule has 2 amide bonds. The normalized spacial score (nSPS) is 14.9. The van der Waals surface area contributed by atoms with Crippen LogP contribution in [0.15, 0.2) is 82.5 Å². The first-order valence-corrected chi connectivity index (χ1v) is 10.6. The van der Waals surface area contributed by atoms with Gasteiger partial charge in [0.05, 0.1) is 25.1 Å². The molecule has 1 aliphatic heterocycles. The Morgan fingerprint density at radius 3 is 2.50 bits per heavy atom. The lowest BCUT2D eigenvalue weighted by molar-refractivity contribution is -0.152. The van der Waals surface area contributed by atoms with Crippen LogP contribution >= 0.6 is 0 Å². The van der Waals surface area contributed by atoms with E-state index in [9.17, 15) is 14.4 Å². The van der Waals surface area contributed by atoms with Crippen LogP contribution in [0.25, 0.3) is 0 Å². The number of nitrogens with zero attached hydrogens (tertiary/aromatic N) is 2. The second-order valence-electron chi connectivity index (χ2n) is 7.46. The minimum absolute atomic E-state index is 0.0751. The molecule has 4 rings (SSSR count). The van der Waals surface area contributed by atoms with Crippen molar-refractivity contribution in [2.24, 2.45) is 5.10 Å². The highest BCUT2D eigenvalue weighted by atomic mass is 16.5. The number of hydrogen-bond acceptors (Lipinski definition) is 7. The minimum Gasteiger partial charge on any atom is -0.497 e. The largest absolute Gasteiger partial charge is 0.497 e. The molecule has 1 aromatic heterocycles. The lowest BCUT2D eigenvalue weighted by Gasteiger charge is -2.22. The van der Waals surface area contributed by atoms with E-state index in [0.29, 0.717) is 12.2 Å². The summed E-state index contributed by atoms with van der Waals surface area (Å²) in [6, 6.07) is 19.7. The number of benzene rings is 2. The molecule has 2 heterocycles. The van der Waals surface area contributed by atoms with Crippen LogP contribution in [0, 0.1) is 0 Å². The molecule has 1 N–H and O–H groups in total. The van der Waals surface area contributed by atoms with Crippen LogP contribution in [0.5, 0.6) is 5.75 Å². The zero-order valence-electron chi connectivity index (χ0n) is 18.5. The summed E-state index contributed by atoms with van der Waals surface area (Å²) < 4.78 is 15.3. The van der Waals surface area contributed by atoms with Crippen molar-refractivity contribution in [1.29, 1.82) is 0 Å². The Hall–Kier alpha value is -4.40. The molecule has 174 valence electrons. The summed E-state index contributed by atoms with van der Waals surface area (Å²) in [5.74, 6) is -0.997. The predicted octanol–water partition coefficient (Wildman–Crippen LogP) is 2.94. The third-order valence-corrected chi connectivity index (χ3v) is 5.27. The van der Waals surface area contributed by atoms with Crippen molar-refractivity contribution in [2.75, 3.05) is 20.3 Å². The number of rotatable bonds is 8. The van der Waals surface area contributed by atoms with E-state index in [2.05, 4.69) is 10.4 Å². The summed E-state index contributed by atoms with van der Waals surface area (Å²) in [5.41, 5.74) is 2.54. The maximum Gasteiger partial charge on any atom is 0.325 e. The number of carbonyl (C=O) groups is 3. The standard InChI is InChI=1S/C25H23N3O6/c1-32-19-11-9-18(10-12-19)21-14-20(17-6-3-2-4-7-17)27-28(21)23(29)16-34-24(30)15-26-25(31)22-8-5-13-33-22/h2-13,21H,14-16H2,1H3,(H,26,31). The molecule has 0 radical (unpaired) electrons. The van der Waals surface area contributed by atoms with Gasteiger partial charge in [0, 0.05) is 6.42 Å². The monoisotopic (exact) mass is 461 g/mol. The summed E-state index contributed by atoms with van der Waals surface area (Å²) in [7, 11) is 1.59. The van der Waals surface area contributed by atoms with Crippen LogP contribution in [0.4, 0.5) is 0 Å². The van der Waals surface area contributed by atoms with E-state index >= 15 is 0 Å². The van der Waals surface area contributed by atoms with Gasteiger partial charge in [-0.05, 0) is 35.4 Å². The number of methoxy groups -OCH3 is 1. The minimum atomic E-state index is -0.749. The SMILES string of the molecule is COc1ccc(C2CC(c3ccccc3)=NN2C(=O)COC(=O)CNC(=O)c2ccco2)cc1. The molecule has 0 saturated carbocycles. The average Bonchev–Trinajstić information content (AvgIpc) is 3.57. The van der Waals surface area contributed by atoms with Crippen molar-refractivity contribution in [3.8, 4) is 5.75 Å². The van der Waals surface area contributed by atoms with E-state index in [4.69, 9.17) is 13.9 Å². The van der Waals surface area contributed by atoms with Gasteiger partial charge in [0.2, 0.25) is 0 Å². The lowest BCUT2D eigenvalue weighted by atomic mass is 9.98. The Labute approximate surface area is 196 Å². The topological polar surface area (TPSA) is 110 Å². The van der Waals surface area contributed by atoms with Crippen LogP contribution in [0.3, 0.4) is 0 Å². The molecule has 9 nitrogen and oxygen atoms in total. The van der Waals surface area contributed by atoms with Crippen LogP contribution in [0.2, 0.25) is 0 Å². The highest BCUT2D eigenvalue weighted by molar-refractivity contribution is 6.03. The van der Waals surface area contributed by atoms with Gasteiger partial charge in [-0.15, -0.1) is 0 Å². The van der Waals surface area contributed by atoms with Gasteiger partial charge in [-0.25, -0.2) is 5.01 Å². The van der Waals surface area contributed by atoms with Crippen molar-refractivity contribution >= 4 is 23.5 Å². The Morgan fingerprint density at radius 1 is 1.06 bits per heavy atom. The van der Waals surface area contributed by atoms with Gasteiger partial charge in [0.1, 0.15) is 12.3 Å². The average molecular weight is 461 g/mol. The van der Waals surface area contributed by atoms with Gasteiger partial charge < -0.3 is 19.2 Å². The third-order valence-electron chi connectivity index (χ3n) is 5.27. The highest BCUT2D eigenvalue weighted by Gasteiger charge is 2.33. The van der Waals surface area contributed by atoms with E-state index in [0.717, 1.165) is 16.8 Å². The number of furan rings is 1. The molecule has 0 fully saturated rings. The predicted molar refractivity (Wildman–Crippen MR) is 122 cm³/mol. The van der Waals surface area contributed by atoms with E-state index in [-0.39, 0.29) is 11.8 Å². The number of carbonyl (C=O) groups excluding carboxylic acids is 3. The maximum absolute atomic E-state index is 13.0.